The van der Waals surface area contributed by atoms with Crippen LogP contribution >= 0.6 is 0 Å². The van der Waals surface area contributed by atoms with Crippen LogP contribution in [-0.4, -0.2) is 0 Å². The summed E-state index contributed by atoms with van der Waals surface area (Å²) < 4.78 is 0. The minimum Gasteiger partial charge on any atom is -0.0993 e. The van der Waals surface area contributed by atoms with E-state index in [-0.39, 0.29) is 0 Å². The number of allylic oxidation sites excluding steroid dienone is 1. The largest absolute Gasteiger partial charge is 0.0993 e. The van der Waals surface area contributed by atoms with Crippen molar-refractivity contribution in [3.05, 3.63) is 12.2 Å². The Hall–Kier alpha value is -0.260. The third kappa shape index (κ3) is 1.66. The van der Waals surface area contributed by atoms with Crippen LogP contribution in [0.1, 0.15) is 59.8 Å². The lowest BCUT2D eigenvalue weighted by atomic mass is 9.76. The normalized spacial score (nSPS) is 45.3. The molecule has 86 valence electrons. The van der Waals surface area contributed by atoms with Gasteiger partial charge in [0.15, 0.2) is 0 Å². The lowest BCUT2D eigenvalue weighted by Gasteiger charge is -2.29. The maximum absolute atomic E-state index is 4.30. The summed E-state index contributed by atoms with van der Waals surface area (Å²) >= 11 is 0. The van der Waals surface area contributed by atoms with E-state index in [0.29, 0.717) is 10.8 Å². The fourth-order valence-corrected chi connectivity index (χ4v) is 4.19. The van der Waals surface area contributed by atoms with Crippen LogP contribution in [0, 0.1) is 22.7 Å². The number of hydrogen-bond donors (Lipinski definition) is 0. The van der Waals surface area contributed by atoms with Crippen LogP contribution in [-0.2, 0) is 0 Å². The quantitative estimate of drug-likeness (QED) is 0.579. The molecule has 15 heavy (non-hydrogen) atoms. The van der Waals surface area contributed by atoms with Gasteiger partial charge in [0.2, 0.25) is 0 Å². The van der Waals surface area contributed by atoms with E-state index in [2.05, 4.69) is 34.3 Å². The van der Waals surface area contributed by atoms with Crippen LogP contribution in [0.4, 0.5) is 0 Å². The first-order valence-electron chi connectivity index (χ1n) is 6.60. The van der Waals surface area contributed by atoms with E-state index in [0.717, 1.165) is 11.8 Å². The van der Waals surface area contributed by atoms with Crippen LogP contribution in [0.5, 0.6) is 0 Å². The Morgan fingerprint density at radius 3 is 2.53 bits per heavy atom. The maximum Gasteiger partial charge on any atom is -0.00818 e. The second kappa shape index (κ2) is 3.37. The van der Waals surface area contributed by atoms with Gasteiger partial charge in [0, 0.05) is 0 Å². The molecular weight excluding hydrogens is 180 g/mol. The van der Waals surface area contributed by atoms with Crippen LogP contribution < -0.4 is 0 Å². The number of rotatable bonds is 4. The molecule has 0 aromatic rings. The molecule has 0 aromatic heterocycles. The summed E-state index contributed by atoms with van der Waals surface area (Å²) in [6, 6.07) is 0. The van der Waals surface area contributed by atoms with Crippen molar-refractivity contribution >= 4 is 0 Å². The first-order chi connectivity index (χ1) is 6.92. The van der Waals surface area contributed by atoms with Gasteiger partial charge in [-0.25, -0.2) is 0 Å². The summed E-state index contributed by atoms with van der Waals surface area (Å²) in [6.45, 7) is 14.0. The molecule has 0 radical (unpaired) electrons. The Bertz CT molecular complexity index is 278. The Kier molecular flexibility index (Phi) is 2.52. The van der Waals surface area contributed by atoms with Crippen molar-refractivity contribution in [2.45, 2.75) is 59.8 Å². The summed E-state index contributed by atoms with van der Waals surface area (Å²) in [5.41, 5.74) is 2.67. The molecule has 2 aliphatic carbocycles. The van der Waals surface area contributed by atoms with E-state index >= 15 is 0 Å². The number of hydrogen-bond acceptors (Lipinski definition) is 0. The van der Waals surface area contributed by atoms with E-state index in [1.54, 1.807) is 5.57 Å². The zero-order valence-electron chi connectivity index (χ0n) is 10.9. The summed E-state index contributed by atoms with van der Waals surface area (Å²) in [5, 5.41) is 0. The predicted molar refractivity (Wildman–Crippen MR) is 66.8 cm³/mol. The molecule has 3 unspecified atom stereocenters. The average Bonchev–Trinajstić information content (AvgIpc) is 2.75. The van der Waals surface area contributed by atoms with Crippen LogP contribution in [0.3, 0.4) is 0 Å². The van der Waals surface area contributed by atoms with Gasteiger partial charge >= 0.3 is 0 Å². The molecule has 0 spiro atoms. The molecule has 2 rings (SSSR count). The third-order valence-corrected chi connectivity index (χ3v) is 5.10. The molecule has 0 heterocycles. The monoisotopic (exact) mass is 206 g/mol. The number of fused-ring (bicyclic) bond motifs is 1. The summed E-state index contributed by atoms with van der Waals surface area (Å²) in [4.78, 5) is 0. The average molecular weight is 206 g/mol. The second-order valence-electron chi connectivity index (χ2n) is 6.71. The molecule has 0 heteroatoms. The summed E-state index contributed by atoms with van der Waals surface area (Å²) in [6.07, 6.45) is 6.86. The zero-order valence-corrected chi connectivity index (χ0v) is 10.9. The van der Waals surface area contributed by atoms with Crippen LogP contribution in [0.15, 0.2) is 12.2 Å². The Morgan fingerprint density at radius 2 is 2.13 bits per heavy atom. The summed E-state index contributed by atoms with van der Waals surface area (Å²) in [7, 11) is 0. The molecule has 0 amide bonds. The molecule has 0 aromatic carbocycles. The van der Waals surface area contributed by atoms with E-state index < -0.39 is 0 Å². The van der Waals surface area contributed by atoms with Gasteiger partial charge in [-0.1, -0.05) is 52.7 Å². The van der Waals surface area contributed by atoms with Crippen molar-refractivity contribution in [1.82, 2.24) is 0 Å². The molecule has 0 saturated heterocycles. The van der Waals surface area contributed by atoms with Gasteiger partial charge < -0.3 is 0 Å². The van der Waals surface area contributed by atoms with Crippen molar-refractivity contribution < 1.29 is 0 Å². The molecule has 0 aliphatic heterocycles. The van der Waals surface area contributed by atoms with Gasteiger partial charge in [-0.15, -0.1) is 0 Å². The standard InChI is InChI=1S/C15H26/c1-6-7-11(2)8-14(4)9-12(3)15(5)10-13(14)15/h11,13H,3,6-10H2,1-2,4-5H3/t11-,13?,14?,15?/m1/s1. The molecule has 0 nitrogen and oxygen atoms in total. The van der Waals surface area contributed by atoms with Crippen LogP contribution in [0.25, 0.3) is 0 Å². The van der Waals surface area contributed by atoms with Gasteiger partial charge in [-0.3, -0.25) is 0 Å². The van der Waals surface area contributed by atoms with E-state index in [9.17, 15) is 0 Å². The highest BCUT2D eigenvalue weighted by Crippen LogP contribution is 2.74. The minimum atomic E-state index is 0.542. The SMILES string of the molecule is C=C1CC(C)(C[C@H](C)CCC)C2CC12C. The molecule has 0 bridgehead atoms. The topological polar surface area (TPSA) is 0 Å². The molecule has 2 aliphatic rings. The van der Waals surface area contributed by atoms with Gasteiger partial charge in [-0.2, -0.15) is 0 Å². The van der Waals surface area contributed by atoms with Crippen molar-refractivity contribution in [2.24, 2.45) is 22.7 Å². The van der Waals surface area contributed by atoms with E-state index in [4.69, 9.17) is 0 Å². The van der Waals surface area contributed by atoms with Gasteiger partial charge in [-0.05, 0) is 41.9 Å². The van der Waals surface area contributed by atoms with Crippen molar-refractivity contribution in [3.8, 4) is 0 Å². The van der Waals surface area contributed by atoms with Gasteiger partial charge in [0.1, 0.15) is 0 Å². The molecule has 2 saturated carbocycles. The summed E-state index contributed by atoms with van der Waals surface area (Å²) in [5.74, 6) is 1.85. The fraction of sp³-hybridized carbons (Fsp3) is 0.867. The molecule has 4 atom stereocenters. The Labute approximate surface area is 95.1 Å². The lowest BCUT2D eigenvalue weighted by Crippen LogP contribution is -2.19. The van der Waals surface area contributed by atoms with E-state index in [1.165, 1.54) is 32.1 Å². The third-order valence-electron chi connectivity index (χ3n) is 5.10. The lowest BCUT2D eigenvalue weighted by molar-refractivity contribution is 0.215. The maximum atomic E-state index is 4.30. The molecule has 2 fully saturated rings. The van der Waals surface area contributed by atoms with Crippen LogP contribution in [0.2, 0.25) is 0 Å². The molecular formula is C15H26. The van der Waals surface area contributed by atoms with E-state index in [1.807, 2.05) is 0 Å². The zero-order chi connectivity index (χ0) is 11.3. The second-order valence-corrected chi connectivity index (χ2v) is 6.71. The van der Waals surface area contributed by atoms with Crippen molar-refractivity contribution in [1.29, 1.82) is 0 Å². The minimum absolute atomic E-state index is 0.542. The highest BCUT2D eigenvalue weighted by atomic mass is 14.7. The smallest absolute Gasteiger partial charge is 0.00818 e. The van der Waals surface area contributed by atoms with Crippen molar-refractivity contribution in [2.75, 3.05) is 0 Å². The highest BCUT2D eigenvalue weighted by molar-refractivity contribution is 5.32. The van der Waals surface area contributed by atoms with Gasteiger partial charge in [0.25, 0.3) is 0 Å². The first-order valence-corrected chi connectivity index (χ1v) is 6.60. The highest BCUT2D eigenvalue weighted by Gasteiger charge is 2.65. The Balaban J connectivity index is 2.01. The first kappa shape index (κ1) is 11.2. The Morgan fingerprint density at radius 1 is 1.47 bits per heavy atom. The predicted octanol–water partition coefficient (Wildman–Crippen LogP) is 4.81. The molecule has 0 N–H and O–H groups in total. The van der Waals surface area contributed by atoms with Crippen molar-refractivity contribution in [3.63, 3.8) is 0 Å². The van der Waals surface area contributed by atoms with Gasteiger partial charge in [0.05, 0.1) is 0 Å². The fourth-order valence-electron chi connectivity index (χ4n) is 4.19.